The Morgan fingerprint density at radius 1 is 1.00 bits per heavy atom. The summed E-state index contributed by atoms with van der Waals surface area (Å²) in [6.45, 7) is 0. The fourth-order valence-corrected chi connectivity index (χ4v) is 2.66. The third-order valence-electron chi connectivity index (χ3n) is 2.45. The van der Waals surface area contributed by atoms with Crippen LogP contribution in [0.1, 0.15) is 0 Å². The Kier molecular flexibility index (Phi) is 4.27. The zero-order valence-corrected chi connectivity index (χ0v) is 11.6. The average molecular weight is 335 g/mol. The Balaban J connectivity index is 2.25. The lowest BCUT2D eigenvalue weighted by molar-refractivity contribution is -0.274. The van der Waals surface area contributed by atoms with Crippen molar-refractivity contribution < 1.29 is 30.7 Å². The number of benzene rings is 2. The second-order valence-corrected chi connectivity index (χ2v) is 5.82. The predicted octanol–water partition coefficient (Wildman–Crippen LogP) is 3.53. The summed E-state index contributed by atoms with van der Waals surface area (Å²) in [5.74, 6) is -1.21. The van der Waals surface area contributed by atoms with Gasteiger partial charge < -0.3 is 4.74 Å². The summed E-state index contributed by atoms with van der Waals surface area (Å²) in [6.07, 6.45) is -4.92. The summed E-state index contributed by atoms with van der Waals surface area (Å²) in [5, 5.41) is 0. The maximum absolute atomic E-state index is 12.8. The molecule has 0 fully saturated rings. The van der Waals surface area contributed by atoms with E-state index in [0.29, 0.717) is 0 Å². The van der Waals surface area contributed by atoms with Crippen molar-refractivity contribution in [2.24, 2.45) is 0 Å². The van der Waals surface area contributed by atoms with Crippen molar-refractivity contribution in [3.8, 4) is 5.75 Å². The molecule has 2 aromatic carbocycles. The van der Waals surface area contributed by atoms with Crippen molar-refractivity contribution in [1.82, 2.24) is 0 Å². The Bertz CT molecular complexity index is 758. The van der Waals surface area contributed by atoms with Gasteiger partial charge in [-0.25, -0.2) is 12.8 Å². The van der Waals surface area contributed by atoms with E-state index in [2.05, 4.69) is 9.46 Å². The van der Waals surface area contributed by atoms with Gasteiger partial charge in [-0.3, -0.25) is 4.72 Å². The molecule has 0 atom stereocenters. The van der Waals surface area contributed by atoms with E-state index < -0.39 is 32.8 Å². The third kappa shape index (κ3) is 4.35. The summed E-state index contributed by atoms with van der Waals surface area (Å²) < 4.78 is 79.1. The maximum atomic E-state index is 12.8. The van der Waals surface area contributed by atoms with Crippen LogP contribution in [0.3, 0.4) is 0 Å². The van der Waals surface area contributed by atoms with Crippen LogP contribution in [-0.4, -0.2) is 14.8 Å². The van der Waals surface area contributed by atoms with Gasteiger partial charge in [-0.2, -0.15) is 0 Å². The van der Waals surface area contributed by atoms with Crippen LogP contribution in [0.5, 0.6) is 5.75 Å². The molecule has 0 aromatic heterocycles. The number of alkyl halides is 3. The molecule has 4 nitrogen and oxygen atoms in total. The number of sulfonamides is 1. The van der Waals surface area contributed by atoms with Gasteiger partial charge in [0.1, 0.15) is 11.6 Å². The minimum Gasteiger partial charge on any atom is -0.406 e. The first-order valence-corrected chi connectivity index (χ1v) is 7.28. The molecule has 2 aromatic rings. The molecule has 0 saturated carbocycles. The molecule has 2 rings (SSSR count). The van der Waals surface area contributed by atoms with Gasteiger partial charge >= 0.3 is 6.36 Å². The molecular weight excluding hydrogens is 326 g/mol. The van der Waals surface area contributed by atoms with Crippen LogP contribution >= 0.6 is 0 Å². The number of anilines is 1. The first-order valence-electron chi connectivity index (χ1n) is 5.80. The molecule has 0 amide bonds. The summed E-state index contributed by atoms with van der Waals surface area (Å²) in [4.78, 5) is -0.418. The fourth-order valence-electron chi connectivity index (χ4n) is 1.57. The quantitative estimate of drug-likeness (QED) is 0.870. The standard InChI is InChI=1S/C13H9F4NO3S/c14-9-4-6-10(7-5-9)18-22(19,20)12-3-1-2-11(8-12)21-13(15,16)17/h1-8,18H. The maximum Gasteiger partial charge on any atom is 0.573 e. The van der Waals surface area contributed by atoms with Crippen molar-refractivity contribution in [2.45, 2.75) is 11.3 Å². The highest BCUT2D eigenvalue weighted by Crippen LogP contribution is 2.25. The van der Waals surface area contributed by atoms with E-state index >= 15 is 0 Å². The highest BCUT2D eigenvalue weighted by Gasteiger charge is 2.31. The average Bonchev–Trinajstić information content (AvgIpc) is 2.40. The topological polar surface area (TPSA) is 55.4 Å². The van der Waals surface area contributed by atoms with Gasteiger partial charge in [0, 0.05) is 11.8 Å². The second kappa shape index (κ2) is 5.84. The Hall–Kier alpha value is -2.29. The predicted molar refractivity (Wildman–Crippen MR) is 70.3 cm³/mol. The van der Waals surface area contributed by atoms with E-state index in [1.165, 1.54) is 12.1 Å². The van der Waals surface area contributed by atoms with Crippen LogP contribution in [0.2, 0.25) is 0 Å². The Morgan fingerprint density at radius 2 is 1.64 bits per heavy atom. The number of halogens is 4. The first-order chi connectivity index (χ1) is 10.2. The zero-order chi connectivity index (χ0) is 16.4. The number of hydrogen-bond donors (Lipinski definition) is 1. The number of nitrogens with one attached hydrogen (secondary N) is 1. The summed E-state index contributed by atoms with van der Waals surface area (Å²) in [7, 11) is -4.12. The van der Waals surface area contributed by atoms with Gasteiger partial charge in [0.25, 0.3) is 10.0 Å². The molecule has 0 saturated heterocycles. The van der Waals surface area contributed by atoms with Crippen LogP contribution in [0, 0.1) is 5.82 Å². The van der Waals surface area contributed by atoms with Gasteiger partial charge in [-0.05, 0) is 36.4 Å². The van der Waals surface area contributed by atoms with Crippen molar-refractivity contribution >= 4 is 15.7 Å². The van der Waals surface area contributed by atoms with E-state index in [1.54, 1.807) is 0 Å². The first kappa shape index (κ1) is 16.1. The lowest BCUT2D eigenvalue weighted by Crippen LogP contribution is -2.18. The lowest BCUT2D eigenvalue weighted by atomic mass is 10.3. The van der Waals surface area contributed by atoms with Gasteiger partial charge in [0.05, 0.1) is 4.90 Å². The zero-order valence-electron chi connectivity index (χ0n) is 10.8. The molecule has 0 heterocycles. The smallest absolute Gasteiger partial charge is 0.406 e. The lowest BCUT2D eigenvalue weighted by Gasteiger charge is -2.11. The number of hydrogen-bond acceptors (Lipinski definition) is 3. The van der Waals surface area contributed by atoms with Crippen molar-refractivity contribution in [1.29, 1.82) is 0 Å². The molecule has 118 valence electrons. The molecule has 1 N–H and O–H groups in total. The van der Waals surface area contributed by atoms with Gasteiger partial charge in [0.2, 0.25) is 0 Å². The van der Waals surface area contributed by atoms with E-state index in [9.17, 15) is 26.0 Å². The summed E-state index contributed by atoms with van der Waals surface area (Å²) >= 11 is 0. The van der Waals surface area contributed by atoms with Crippen LogP contribution < -0.4 is 9.46 Å². The van der Waals surface area contributed by atoms with E-state index in [-0.39, 0.29) is 5.69 Å². The molecule has 22 heavy (non-hydrogen) atoms. The molecular formula is C13H9F4NO3S. The highest BCUT2D eigenvalue weighted by atomic mass is 32.2. The molecule has 0 aliphatic carbocycles. The van der Waals surface area contributed by atoms with Crippen molar-refractivity contribution in [2.75, 3.05) is 4.72 Å². The molecule has 0 spiro atoms. The normalized spacial score (nSPS) is 12.0. The monoisotopic (exact) mass is 335 g/mol. The van der Waals surface area contributed by atoms with Gasteiger partial charge in [0.15, 0.2) is 0 Å². The molecule has 0 radical (unpaired) electrons. The summed E-state index contributed by atoms with van der Waals surface area (Å²) in [5.41, 5.74) is 0.0727. The molecule has 0 unspecified atom stereocenters. The Morgan fingerprint density at radius 3 is 2.23 bits per heavy atom. The Labute approximate surface area is 123 Å². The molecule has 9 heteroatoms. The van der Waals surface area contributed by atoms with E-state index in [0.717, 1.165) is 36.4 Å². The molecule has 0 aliphatic rings. The van der Waals surface area contributed by atoms with Crippen LogP contribution in [-0.2, 0) is 10.0 Å². The largest absolute Gasteiger partial charge is 0.573 e. The highest BCUT2D eigenvalue weighted by molar-refractivity contribution is 7.92. The van der Waals surface area contributed by atoms with Crippen molar-refractivity contribution in [3.05, 3.63) is 54.3 Å². The SMILES string of the molecule is O=S(=O)(Nc1ccc(F)cc1)c1cccc(OC(F)(F)F)c1. The van der Waals surface area contributed by atoms with E-state index in [1.807, 2.05) is 0 Å². The van der Waals surface area contributed by atoms with E-state index in [4.69, 9.17) is 0 Å². The van der Waals surface area contributed by atoms with Crippen LogP contribution in [0.15, 0.2) is 53.4 Å². The second-order valence-electron chi connectivity index (χ2n) is 4.14. The minimum atomic E-state index is -4.92. The number of ether oxygens (including phenoxy) is 1. The van der Waals surface area contributed by atoms with Crippen LogP contribution in [0.25, 0.3) is 0 Å². The summed E-state index contributed by atoms with van der Waals surface area (Å²) in [6, 6.07) is 8.38. The van der Waals surface area contributed by atoms with Crippen molar-refractivity contribution in [3.63, 3.8) is 0 Å². The number of rotatable bonds is 4. The third-order valence-corrected chi connectivity index (χ3v) is 3.82. The molecule has 0 aliphatic heterocycles. The van der Waals surface area contributed by atoms with Gasteiger partial charge in [-0.1, -0.05) is 6.07 Å². The molecule has 0 bridgehead atoms. The van der Waals surface area contributed by atoms with Gasteiger partial charge in [-0.15, -0.1) is 13.2 Å². The minimum absolute atomic E-state index is 0.0727. The fraction of sp³-hybridized carbons (Fsp3) is 0.0769. The van der Waals surface area contributed by atoms with Crippen LogP contribution in [0.4, 0.5) is 23.2 Å².